The van der Waals surface area contributed by atoms with Crippen LogP contribution < -0.4 is 5.32 Å². The zero-order chi connectivity index (χ0) is 11.5. The van der Waals surface area contributed by atoms with Crippen molar-refractivity contribution in [3.8, 4) is 12.3 Å². The van der Waals surface area contributed by atoms with E-state index in [9.17, 15) is 0 Å². The number of benzene rings is 1. The lowest BCUT2D eigenvalue weighted by Gasteiger charge is -1.99. The Labute approximate surface area is 102 Å². The second-order valence-electron chi connectivity index (χ2n) is 3.27. The van der Waals surface area contributed by atoms with Crippen molar-refractivity contribution in [1.29, 1.82) is 0 Å². The maximum absolute atomic E-state index is 5.15. The standard InChI is InChI=1S/C14H17NS/c1-2-12-16-13-11-15-10-6-9-14-7-4-3-5-8-14/h1,3-9,15H,10-13H2/b9-6+. The average molecular weight is 231 g/mol. The summed E-state index contributed by atoms with van der Waals surface area (Å²) in [7, 11) is 0. The minimum atomic E-state index is 0.807. The van der Waals surface area contributed by atoms with Gasteiger partial charge in [-0.25, -0.2) is 0 Å². The van der Waals surface area contributed by atoms with Crippen LogP contribution in [0.5, 0.6) is 0 Å². The van der Waals surface area contributed by atoms with Gasteiger partial charge in [-0.1, -0.05) is 48.4 Å². The first kappa shape index (κ1) is 12.9. The molecule has 0 fully saturated rings. The Hall–Kier alpha value is -1.17. The molecule has 0 radical (unpaired) electrons. The number of thioether (sulfide) groups is 1. The van der Waals surface area contributed by atoms with Crippen molar-refractivity contribution in [2.45, 2.75) is 0 Å². The highest BCUT2D eigenvalue weighted by Gasteiger charge is 1.86. The summed E-state index contributed by atoms with van der Waals surface area (Å²) >= 11 is 1.78. The summed E-state index contributed by atoms with van der Waals surface area (Å²) in [6, 6.07) is 10.3. The Bertz CT molecular complexity index is 338. The van der Waals surface area contributed by atoms with E-state index < -0.39 is 0 Å². The van der Waals surface area contributed by atoms with Crippen LogP contribution in [0.25, 0.3) is 6.08 Å². The molecule has 0 aliphatic carbocycles. The Morgan fingerprint density at radius 1 is 1.31 bits per heavy atom. The van der Waals surface area contributed by atoms with Crippen molar-refractivity contribution in [1.82, 2.24) is 5.32 Å². The predicted molar refractivity (Wildman–Crippen MR) is 74.5 cm³/mol. The van der Waals surface area contributed by atoms with Crippen LogP contribution in [-0.4, -0.2) is 24.6 Å². The van der Waals surface area contributed by atoms with Crippen LogP contribution in [-0.2, 0) is 0 Å². The van der Waals surface area contributed by atoms with Crippen molar-refractivity contribution in [2.24, 2.45) is 0 Å². The highest BCUT2D eigenvalue weighted by atomic mass is 32.2. The van der Waals surface area contributed by atoms with Crippen LogP contribution in [0, 0.1) is 12.3 Å². The fraction of sp³-hybridized carbons (Fsp3) is 0.286. The normalized spacial score (nSPS) is 10.4. The quantitative estimate of drug-likeness (QED) is 0.572. The van der Waals surface area contributed by atoms with Crippen molar-refractivity contribution < 1.29 is 0 Å². The van der Waals surface area contributed by atoms with Gasteiger partial charge in [0, 0.05) is 18.8 Å². The first-order valence-corrected chi connectivity index (χ1v) is 6.52. The molecule has 1 N–H and O–H groups in total. The van der Waals surface area contributed by atoms with E-state index in [-0.39, 0.29) is 0 Å². The monoisotopic (exact) mass is 231 g/mol. The maximum Gasteiger partial charge on any atom is 0.0545 e. The smallest absolute Gasteiger partial charge is 0.0545 e. The van der Waals surface area contributed by atoms with E-state index >= 15 is 0 Å². The SMILES string of the molecule is C#CCSCCNC/C=C/c1ccccc1. The summed E-state index contributed by atoms with van der Waals surface area (Å²) in [5.41, 5.74) is 1.24. The lowest BCUT2D eigenvalue weighted by Crippen LogP contribution is -2.16. The van der Waals surface area contributed by atoms with Crippen LogP contribution >= 0.6 is 11.8 Å². The first-order valence-electron chi connectivity index (χ1n) is 5.37. The summed E-state index contributed by atoms with van der Waals surface area (Å²) < 4.78 is 0. The molecule has 0 aliphatic heterocycles. The number of hydrogen-bond acceptors (Lipinski definition) is 2. The Morgan fingerprint density at radius 2 is 2.12 bits per heavy atom. The number of terminal acetylenes is 1. The molecule has 16 heavy (non-hydrogen) atoms. The highest BCUT2D eigenvalue weighted by molar-refractivity contribution is 7.99. The van der Waals surface area contributed by atoms with Crippen LogP contribution in [0.4, 0.5) is 0 Å². The van der Waals surface area contributed by atoms with Gasteiger partial charge < -0.3 is 5.32 Å². The van der Waals surface area contributed by atoms with Gasteiger partial charge in [0.2, 0.25) is 0 Å². The van der Waals surface area contributed by atoms with E-state index in [1.165, 1.54) is 5.56 Å². The van der Waals surface area contributed by atoms with Gasteiger partial charge >= 0.3 is 0 Å². The third-order valence-corrected chi connectivity index (χ3v) is 2.84. The van der Waals surface area contributed by atoms with E-state index in [0.717, 1.165) is 24.6 Å². The van der Waals surface area contributed by atoms with Crippen LogP contribution in [0.1, 0.15) is 5.56 Å². The summed E-state index contributed by atoms with van der Waals surface area (Å²) in [6.07, 6.45) is 9.42. The van der Waals surface area contributed by atoms with E-state index in [1.54, 1.807) is 11.8 Å². The van der Waals surface area contributed by atoms with Crippen molar-refractivity contribution in [2.75, 3.05) is 24.6 Å². The molecule has 0 unspecified atom stereocenters. The molecule has 0 saturated carbocycles. The molecule has 0 aromatic heterocycles. The molecular formula is C14H17NS. The molecule has 0 bridgehead atoms. The molecule has 84 valence electrons. The summed E-state index contributed by atoms with van der Waals surface area (Å²) in [5, 5.41) is 3.34. The number of hydrogen-bond donors (Lipinski definition) is 1. The van der Waals surface area contributed by atoms with Gasteiger partial charge in [-0.3, -0.25) is 0 Å². The number of rotatable bonds is 7. The molecule has 1 rings (SSSR count). The van der Waals surface area contributed by atoms with Gasteiger partial charge in [-0.15, -0.1) is 18.2 Å². The zero-order valence-electron chi connectivity index (χ0n) is 9.36. The number of nitrogens with one attached hydrogen (secondary N) is 1. The van der Waals surface area contributed by atoms with E-state index in [2.05, 4.69) is 35.5 Å². The molecule has 0 amide bonds. The highest BCUT2D eigenvalue weighted by Crippen LogP contribution is 2.00. The predicted octanol–water partition coefficient (Wildman–Crippen LogP) is 2.66. The Morgan fingerprint density at radius 3 is 2.88 bits per heavy atom. The third kappa shape index (κ3) is 6.34. The second-order valence-corrected chi connectivity index (χ2v) is 4.38. The molecule has 0 aliphatic rings. The van der Waals surface area contributed by atoms with E-state index in [4.69, 9.17) is 6.42 Å². The molecule has 0 spiro atoms. The van der Waals surface area contributed by atoms with Crippen LogP contribution in [0.15, 0.2) is 36.4 Å². The van der Waals surface area contributed by atoms with Gasteiger partial charge in [0.05, 0.1) is 5.75 Å². The van der Waals surface area contributed by atoms with Gasteiger partial charge in [0.1, 0.15) is 0 Å². The topological polar surface area (TPSA) is 12.0 Å². The fourth-order valence-electron chi connectivity index (χ4n) is 1.22. The summed E-state index contributed by atoms with van der Waals surface area (Å²) in [5.74, 6) is 4.49. The maximum atomic E-state index is 5.15. The van der Waals surface area contributed by atoms with Crippen LogP contribution in [0.3, 0.4) is 0 Å². The second kappa shape index (κ2) is 9.08. The van der Waals surface area contributed by atoms with Gasteiger partial charge in [-0.2, -0.15) is 0 Å². The van der Waals surface area contributed by atoms with Crippen LogP contribution in [0.2, 0.25) is 0 Å². The van der Waals surface area contributed by atoms with Crippen molar-refractivity contribution in [3.63, 3.8) is 0 Å². The summed E-state index contributed by atoms with van der Waals surface area (Å²) in [6.45, 7) is 1.91. The minimum Gasteiger partial charge on any atom is -0.312 e. The average Bonchev–Trinajstić information content (AvgIpc) is 2.34. The molecule has 1 nitrogen and oxygen atoms in total. The zero-order valence-corrected chi connectivity index (χ0v) is 10.2. The lowest BCUT2D eigenvalue weighted by molar-refractivity contribution is 0.808. The van der Waals surface area contributed by atoms with Gasteiger partial charge in [0.25, 0.3) is 0 Å². The van der Waals surface area contributed by atoms with E-state index in [0.29, 0.717) is 0 Å². The van der Waals surface area contributed by atoms with Gasteiger partial charge in [0.15, 0.2) is 0 Å². The lowest BCUT2D eigenvalue weighted by atomic mass is 10.2. The molecule has 2 heteroatoms. The first-order chi connectivity index (χ1) is 7.93. The third-order valence-electron chi connectivity index (χ3n) is 1.98. The fourth-order valence-corrected chi connectivity index (χ4v) is 1.77. The Balaban J connectivity index is 2.03. The molecule has 0 saturated heterocycles. The van der Waals surface area contributed by atoms with E-state index in [1.807, 2.05) is 18.2 Å². The van der Waals surface area contributed by atoms with Gasteiger partial charge in [-0.05, 0) is 5.56 Å². The Kier molecular flexibility index (Phi) is 7.32. The molecule has 0 heterocycles. The largest absolute Gasteiger partial charge is 0.312 e. The minimum absolute atomic E-state index is 0.807. The molecular weight excluding hydrogens is 214 g/mol. The van der Waals surface area contributed by atoms with Crippen molar-refractivity contribution >= 4 is 17.8 Å². The molecule has 1 aromatic carbocycles. The summed E-state index contributed by atoms with van der Waals surface area (Å²) in [4.78, 5) is 0. The molecule has 0 atom stereocenters. The molecule has 1 aromatic rings. The van der Waals surface area contributed by atoms with Crippen molar-refractivity contribution in [3.05, 3.63) is 42.0 Å².